The molecule has 0 atom stereocenters. The number of nitrogens with two attached hydrogens (primary N) is 1. The summed E-state index contributed by atoms with van der Waals surface area (Å²) in [6.45, 7) is 0. The summed E-state index contributed by atoms with van der Waals surface area (Å²) in [5.74, 6) is 0.476. The predicted octanol–water partition coefficient (Wildman–Crippen LogP) is -0.665. The van der Waals surface area contributed by atoms with Crippen LogP contribution in [-0.2, 0) is 11.8 Å². The highest BCUT2D eigenvalue weighted by Gasteiger charge is 2.09. The van der Waals surface area contributed by atoms with E-state index in [2.05, 4.69) is 20.8 Å². The highest BCUT2D eigenvalue weighted by Crippen LogP contribution is 2.16. The second-order valence-electron chi connectivity index (χ2n) is 3.13. The number of anilines is 1. The Hall–Kier alpha value is -1.77. The number of hydrogen-bond donors (Lipinski definition) is 3. The van der Waals surface area contributed by atoms with Crippen LogP contribution in [0.4, 0.5) is 10.7 Å². The fourth-order valence-corrected chi connectivity index (χ4v) is 1.79. The van der Waals surface area contributed by atoms with Gasteiger partial charge in [0.15, 0.2) is 5.16 Å². The molecule has 3 amide bonds. The number of thioether (sulfide) groups is 1. The number of aromatic nitrogens is 3. The average Bonchev–Trinajstić information content (AvgIpc) is 2.60. The molecule has 1 rings (SSSR count). The van der Waals surface area contributed by atoms with Gasteiger partial charge in [-0.25, -0.2) is 4.79 Å². The quantitative estimate of drug-likeness (QED) is 0.617. The molecule has 0 aliphatic carbocycles. The van der Waals surface area contributed by atoms with Gasteiger partial charge in [-0.3, -0.25) is 14.7 Å². The Labute approximate surface area is 102 Å². The zero-order valence-electron chi connectivity index (χ0n) is 9.56. The van der Waals surface area contributed by atoms with Gasteiger partial charge < -0.3 is 11.1 Å². The lowest BCUT2D eigenvalue weighted by Crippen LogP contribution is -2.37. The number of hydrogen-bond acceptors (Lipinski definition) is 6. The van der Waals surface area contributed by atoms with Crippen molar-refractivity contribution in [3.05, 3.63) is 0 Å². The van der Waals surface area contributed by atoms with E-state index >= 15 is 0 Å². The third kappa shape index (κ3) is 3.94. The Balaban J connectivity index is 2.31. The molecule has 0 aromatic carbocycles. The maximum atomic E-state index is 11.2. The summed E-state index contributed by atoms with van der Waals surface area (Å²) >= 11 is 1.35. The maximum Gasteiger partial charge on any atom is 0.321 e. The van der Waals surface area contributed by atoms with E-state index in [1.54, 1.807) is 11.6 Å². The van der Waals surface area contributed by atoms with E-state index in [-0.39, 0.29) is 12.3 Å². The normalized spacial score (nSPS) is 10.0. The molecule has 1 aromatic heterocycles. The van der Waals surface area contributed by atoms with E-state index < -0.39 is 6.03 Å². The summed E-state index contributed by atoms with van der Waals surface area (Å²) in [5.41, 5.74) is 5.50. The van der Waals surface area contributed by atoms with Crippen LogP contribution in [0.2, 0.25) is 0 Å². The van der Waals surface area contributed by atoms with Crippen molar-refractivity contribution in [1.82, 2.24) is 25.4 Å². The largest absolute Gasteiger partial charge is 0.368 e. The van der Waals surface area contributed by atoms with Crippen LogP contribution in [0.25, 0.3) is 0 Å². The van der Waals surface area contributed by atoms with E-state index in [9.17, 15) is 9.59 Å². The van der Waals surface area contributed by atoms with Gasteiger partial charge >= 0.3 is 6.03 Å². The van der Waals surface area contributed by atoms with Crippen molar-refractivity contribution in [1.29, 1.82) is 0 Å². The average molecular weight is 258 g/mol. The summed E-state index contributed by atoms with van der Waals surface area (Å²) in [7, 11) is 3.18. The zero-order chi connectivity index (χ0) is 12.8. The van der Waals surface area contributed by atoms with Crippen LogP contribution >= 0.6 is 11.8 Å². The van der Waals surface area contributed by atoms with Gasteiger partial charge in [0.05, 0.1) is 0 Å². The van der Waals surface area contributed by atoms with Gasteiger partial charge in [0.2, 0.25) is 11.9 Å². The Morgan fingerprint density at radius 3 is 2.71 bits per heavy atom. The molecule has 0 saturated carbocycles. The highest BCUT2D eigenvalue weighted by atomic mass is 32.2. The lowest BCUT2D eigenvalue weighted by molar-refractivity contribution is -0.119. The van der Waals surface area contributed by atoms with E-state index in [4.69, 9.17) is 5.73 Å². The Morgan fingerprint density at radius 2 is 2.18 bits per heavy atom. The summed E-state index contributed by atoms with van der Waals surface area (Å²) in [4.78, 5) is 22.1. The topological polar surface area (TPSA) is 115 Å². The van der Waals surface area contributed by atoms with Gasteiger partial charge in [0, 0.05) is 26.3 Å². The number of nitrogens with one attached hydrogen (secondary N) is 2. The van der Waals surface area contributed by atoms with Gasteiger partial charge in [0.1, 0.15) is 0 Å². The van der Waals surface area contributed by atoms with Gasteiger partial charge in [-0.05, 0) is 0 Å². The fraction of sp³-hybridized carbons (Fsp3) is 0.500. The number of carbonyl (C=O) groups is 2. The first kappa shape index (κ1) is 13.3. The van der Waals surface area contributed by atoms with Crippen molar-refractivity contribution >= 4 is 29.6 Å². The van der Waals surface area contributed by atoms with Crippen LogP contribution in [0.15, 0.2) is 5.16 Å². The molecular weight excluding hydrogens is 244 g/mol. The molecule has 9 heteroatoms. The molecule has 8 nitrogen and oxygen atoms in total. The van der Waals surface area contributed by atoms with Crippen molar-refractivity contribution in [2.45, 2.75) is 11.6 Å². The third-order valence-corrected chi connectivity index (χ3v) is 2.93. The lowest BCUT2D eigenvalue weighted by Gasteiger charge is -2.03. The second-order valence-corrected chi connectivity index (χ2v) is 4.19. The number of nitrogen functional groups attached to an aromatic ring is 1. The smallest absolute Gasteiger partial charge is 0.321 e. The molecule has 0 unspecified atom stereocenters. The molecule has 1 aromatic rings. The van der Waals surface area contributed by atoms with Crippen LogP contribution in [0.3, 0.4) is 0 Å². The molecule has 0 aliphatic rings. The first-order valence-corrected chi connectivity index (χ1v) is 5.82. The summed E-state index contributed by atoms with van der Waals surface area (Å²) < 4.78 is 1.63. The van der Waals surface area contributed by atoms with Crippen molar-refractivity contribution < 1.29 is 9.59 Å². The fourth-order valence-electron chi connectivity index (χ4n) is 0.938. The molecule has 0 radical (unpaired) electrons. The minimum atomic E-state index is -0.511. The van der Waals surface area contributed by atoms with E-state index in [0.29, 0.717) is 16.9 Å². The maximum absolute atomic E-state index is 11.2. The molecule has 0 aliphatic heterocycles. The van der Waals surface area contributed by atoms with Gasteiger partial charge in [-0.1, -0.05) is 11.8 Å². The first-order valence-electron chi connectivity index (χ1n) is 4.83. The second kappa shape index (κ2) is 6.09. The van der Waals surface area contributed by atoms with Crippen molar-refractivity contribution in [3.63, 3.8) is 0 Å². The van der Waals surface area contributed by atoms with Gasteiger partial charge in [-0.15, -0.1) is 10.2 Å². The standard InChI is InChI=1S/C8H14N6O2S/c1-10-7(16)11-5(15)3-4-17-8-13-12-6(9)14(8)2/h3-4H2,1-2H3,(H2,9,12)(H2,10,11,15,16). The minimum Gasteiger partial charge on any atom is -0.368 e. The van der Waals surface area contributed by atoms with Crippen molar-refractivity contribution in [2.24, 2.45) is 7.05 Å². The number of rotatable bonds is 4. The summed E-state index contributed by atoms with van der Waals surface area (Å²) in [5, 5.41) is 12.6. The van der Waals surface area contributed by atoms with Crippen molar-refractivity contribution in [3.8, 4) is 0 Å². The Morgan fingerprint density at radius 1 is 1.47 bits per heavy atom. The van der Waals surface area contributed by atoms with Gasteiger partial charge in [-0.2, -0.15) is 0 Å². The number of carbonyl (C=O) groups excluding carboxylic acids is 2. The Kier molecular flexibility index (Phi) is 4.76. The number of nitrogens with zero attached hydrogens (tertiary/aromatic N) is 3. The number of imide groups is 1. The first-order chi connectivity index (χ1) is 8.04. The van der Waals surface area contributed by atoms with Crippen LogP contribution in [-0.4, -0.2) is 39.5 Å². The van der Waals surface area contributed by atoms with E-state index in [0.717, 1.165) is 0 Å². The lowest BCUT2D eigenvalue weighted by atomic mass is 10.4. The number of amides is 3. The monoisotopic (exact) mass is 258 g/mol. The molecular formula is C8H14N6O2S. The summed E-state index contributed by atoms with van der Waals surface area (Å²) in [6, 6.07) is -0.511. The molecule has 0 bridgehead atoms. The molecule has 94 valence electrons. The van der Waals surface area contributed by atoms with Crippen LogP contribution in [0, 0.1) is 0 Å². The molecule has 1 heterocycles. The third-order valence-electron chi connectivity index (χ3n) is 1.91. The molecule has 17 heavy (non-hydrogen) atoms. The van der Waals surface area contributed by atoms with Crippen LogP contribution < -0.4 is 16.4 Å². The summed E-state index contributed by atoms with van der Waals surface area (Å²) in [6.07, 6.45) is 0.213. The van der Waals surface area contributed by atoms with Gasteiger partial charge in [0.25, 0.3) is 0 Å². The highest BCUT2D eigenvalue weighted by molar-refractivity contribution is 7.99. The van der Waals surface area contributed by atoms with Crippen LogP contribution in [0.1, 0.15) is 6.42 Å². The number of urea groups is 1. The molecule has 0 fully saturated rings. The molecule has 0 saturated heterocycles. The SMILES string of the molecule is CNC(=O)NC(=O)CCSc1nnc(N)n1C. The molecule has 4 N–H and O–H groups in total. The van der Waals surface area contributed by atoms with Crippen molar-refractivity contribution in [2.75, 3.05) is 18.5 Å². The van der Waals surface area contributed by atoms with Crippen LogP contribution in [0.5, 0.6) is 0 Å². The van der Waals surface area contributed by atoms with E-state index in [1.807, 2.05) is 0 Å². The minimum absolute atomic E-state index is 0.213. The zero-order valence-corrected chi connectivity index (χ0v) is 10.4. The Bertz CT molecular complexity index is 418. The molecule has 0 spiro atoms. The predicted molar refractivity (Wildman–Crippen MR) is 63.4 cm³/mol. The van der Waals surface area contributed by atoms with E-state index in [1.165, 1.54) is 18.8 Å².